The summed E-state index contributed by atoms with van der Waals surface area (Å²) >= 11 is 0. The fraction of sp³-hybridized carbons (Fsp3) is 0.353. The smallest absolute Gasteiger partial charge is 0.309 e. The number of oxazole rings is 1. The first kappa shape index (κ1) is 16.7. The number of carboxylic acids is 1. The Bertz CT molecular complexity index is 702. The average molecular weight is 316 g/mol. The van der Waals surface area contributed by atoms with E-state index < -0.39 is 11.4 Å². The quantitative estimate of drug-likeness (QED) is 0.855. The lowest BCUT2D eigenvalue weighted by atomic mass is 9.90. The van der Waals surface area contributed by atoms with E-state index in [9.17, 15) is 9.59 Å². The van der Waals surface area contributed by atoms with E-state index in [1.165, 1.54) is 6.39 Å². The van der Waals surface area contributed by atoms with Crippen molar-refractivity contribution in [3.05, 3.63) is 41.9 Å². The molecule has 122 valence electrons. The second-order valence-electron chi connectivity index (χ2n) is 6.09. The number of hydrogen-bond acceptors (Lipinski definition) is 4. The number of aliphatic carboxylic acids is 1. The third kappa shape index (κ3) is 3.97. The van der Waals surface area contributed by atoms with E-state index in [0.717, 1.165) is 11.1 Å². The van der Waals surface area contributed by atoms with Crippen LogP contribution in [0.15, 0.2) is 35.1 Å². The van der Waals surface area contributed by atoms with Crippen molar-refractivity contribution in [3.8, 4) is 11.3 Å². The fourth-order valence-electron chi connectivity index (χ4n) is 2.00. The van der Waals surface area contributed by atoms with Gasteiger partial charge in [-0.3, -0.25) is 9.59 Å². The largest absolute Gasteiger partial charge is 0.481 e. The predicted molar refractivity (Wildman–Crippen MR) is 85.0 cm³/mol. The van der Waals surface area contributed by atoms with Gasteiger partial charge in [-0.15, -0.1) is 0 Å². The van der Waals surface area contributed by atoms with Crippen molar-refractivity contribution >= 4 is 11.9 Å². The van der Waals surface area contributed by atoms with E-state index in [0.29, 0.717) is 12.2 Å². The van der Waals surface area contributed by atoms with Gasteiger partial charge in [-0.05, 0) is 27.2 Å². The minimum atomic E-state index is -0.895. The molecule has 23 heavy (non-hydrogen) atoms. The minimum absolute atomic E-state index is 0.196. The Hall–Kier alpha value is -2.63. The molecule has 0 saturated heterocycles. The Kier molecular flexibility index (Phi) is 4.83. The van der Waals surface area contributed by atoms with Crippen LogP contribution in [0.1, 0.15) is 36.3 Å². The number of benzene rings is 1. The first-order chi connectivity index (χ1) is 10.8. The van der Waals surface area contributed by atoms with Crippen LogP contribution >= 0.6 is 0 Å². The number of hydrogen-bond donors (Lipinski definition) is 2. The lowest BCUT2D eigenvalue weighted by Gasteiger charge is -2.18. The topological polar surface area (TPSA) is 92.4 Å². The molecule has 2 rings (SSSR count). The molecule has 2 aromatic rings. The van der Waals surface area contributed by atoms with Crippen LogP contribution in [0.5, 0.6) is 0 Å². The molecule has 6 heteroatoms. The van der Waals surface area contributed by atoms with Gasteiger partial charge in [-0.25, -0.2) is 4.98 Å². The van der Waals surface area contributed by atoms with Crippen LogP contribution in [-0.4, -0.2) is 28.5 Å². The zero-order valence-corrected chi connectivity index (χ0v) is 13.4. The highest BCUT2D eigenvalue weighted by atomic mass is 16.4. The Labute approximate surface area is 134 Å². The van der Waals surface area contributed by atoms with Gasteiger partial charge in [-0.2, -0.15) is 0 Å². The van der Waals surface area contributed by atoms with E-state index in [1.54, 1.807) is 13.8 Å². The van der Waals surface area contributed by atoms with Crippen molar-refractivity contribution in [2.45, 2.75) is 27.2 Å². The number of carboxylic acid groups (broad SMARTS) is 1. The summed E-state index contributed by atoms with van der Waals surface area (Å²) in [4.78, 5) is 27.3. The van der Waals surface area contributed by atoms with Crippen molar-refractivity contribution < 1.29 is 19.1 Å². The molecule has 0 radical (unpaired) electrons. The van der Waals surface area contributed by atoms with Crippen molar-refractivity contribution in [1.29, 1.82) is 0 Å². The molecule has 0 saturated carbocycles. The molecule has 0 fully saturated rings. The summed E-state index contributed by atoms with van der Waals surface area (Å²) < 4.78 is 5.33. The molecule has 1 aromatic carbocycles. The molecule has 6 nitrogen and oxygen atoms in total. The molecule has 0 aliphatic carbocycles. The van der Waals surface area contributed by atoms with Crippen LogP contribution in [-0.2, 0) is 4.79 Å². The van der Waals surface area contributed by atoms with Crippen LogP contribution in [0.25, 0.3) is 11.3 Å². The number of carbonyl (C=O) groups is 2. The van der Waals surface area contributed by atoms with Gasteiger partial charge in [0.25, 0.3) is 5.91 Å². The molecule has 0 bridgehead atoms. The fourth-order valence-corrected chi connectivity index (χ4v) is 2.00. The summed E-state index contributed by atoms with van der Waals surface area (Å²) in [5, 5.41) is 11.8. The zero-order valence-electron chi connectivity index (χ0n) is 13.4. The SMILES string of the molecule is Cc1ccc(-c2ocnc2C(=O)NCCC(C)(C)C(=O)O)cc1. The summed E-state index contributed by atoms with van der Waals surface area (Å²) in [6.45, 7) is 5.46. The van der Waals surface area contributed by atoms with Crippen molar-refractivity contribution in [3.63, 3.8) is 0 Å². The maximum atomic E-state index is 12.2. The molecule has 0 aliphatic heterocycles. The second kappa shape index (κ2) is 6.64. The molecule has 1 aromatic heterocycles. The number of aromatic nitrogens is 1. The molecule has 0 atom stereocenters. The minimum Gasteiger partial charge on any atom is -0.481 e. The molecule has 2 N–H and O–H groups in total. The van der Waals surface area contributed by atoms with Gasteiger partial charge in [-0.1, -0.05) is 29.8 Å². The molecular weight excluding hydrogens is 296 g/mol. The standard InChI is InChI=1S/C17H20N2O4/c1-11-4-6-12(7-5-11)14-13(19-10-23-14)15(20)18-9-8-17(2,3)16(21)22/h4-7,10H,8-9H2,1-3H3,(H,18,20)(H,21,22). The summed E-state index contributed by atoms with van der Waals surface area (Å²) in [5.74, 6) is -0.871. The van der Waals surface area contributed by atoms with Crippen LogP contribution in [0.3, 0.4) is 0 Å². The molecule has 0 spiro atoms. The van der Waals surface area contributed by atoms with Crippen molar-refractivity contribution in [2.24, 2.45) is 5.41 Å². The Morgan fingerprint density at radius 1 is 1.26 bits per heavy atom. The maximum Gasteiger partial charge on any atom is 0.309 e. The Balaban J connectivity index is 2.05. The number of rotatable bonds is 6. The molecule has 0 unspecified atom stereocenters. The van der Waals surface area contributed by atoms with Gasteiger partial charge in [0.1, 0.15) is 0 Å². The first-order valence-corrected chi connectivity index (χ1v) is 7.33. The van der Waals surface area contributed by atoms with Gasteiger partial charge >= 0.3 is 5.97 Å². The number of nitrogens with one attached hydrogen (secondary N) is 1. The second-order valence-corrected chi connectivity index (χ2v) is 6.09. The van der Waals surface area contributed by atoms with Crippen LogP contribution in [0.2, 0.25) is 0 Å². The predicted octanol–water partition coefficient (Wildman–Crippen LogP) is 2.88. The summed E-state index contributed by atoms with van der Waals surface area (Å²) in [6.07, 6.45) is 1.55. The van der Waals surface area contributed by atoms with Crippen molar-refractivity contribution in [1.82, 2.24) is 10.3 Å². The highest BCUT2D eigenvalue weighted by Gasteiger charge is 2.27. The monoisotopic (exact) mass is 316 g/mol. The third-order valence-electron chi connectivity index (χ3n) is 3.71. The summed E-state index contributed by atoms with van der Waals surface area (Å²) in [7, 11) is 0. The van der Waals surface area contributed by atoms with Crippen LogP contribution in [0.4, 0.5) is 0 Å². The highest BCUT2D eigenvalue weighted by Crippen LogP contribution is 2.24. The average Bonchev–Trinajstić information content (AvgIpc) is 2.97. The van der Waals surface area contributed by atoms with Gasteiger partial charge < -0.3 is 14.8 Å². The summed E-state index contributed by atoms with van der Waals surface area (Å²) in [5.41, 5.74) is 1.18. The van der Waals surface area contributed by atoms with Crippen molar-refractivity contribution in [2.75, 3.05) is 6.54 Å². The number of carbonyl (C=O) groups excluding carboxylic acids is 1. The lowest BCUT2D eigenvalue weighted by molar-refractivity contribution is -0.147. The van der Waals surface area contributed by atoms with E-state index in [4.69, 9.17) is 9.52 Å². The molecule has 0 aliphatic rings. The van der Waals surface area contributed by atoms with E-state index in [-0.39, 0.29) is 18.1 Å². The van der Waals surface area contributed by atoms with E-state index in [2.05, 4.69) is 10.3 Å². The van der Waals surface area contributed by atoms with Crippen LogP contribution < -0.4 is 5.32 Å². The summed E-state index contributed by atoms with van der Waals surface area (Å²) in [6, 6.07) is 7.57. The molecule has 1 amide bonds. The maximum absolute atomic E-state index is 12.2. The van der Waals surface area contributed by atoms with Gasteiger partial charge in [0.05, 0.1) is 5.41 Å². The molecular formula is C17H20N2O4. The number of aryl methyl sites for hydroxylation is 1. The third-order valence-corrected chi connectivity index (χ3v) is 3.71. The van der Waals surface area contributed by atoms with E-state index in [1.807, 2.05) is 31.2 Å². The molecule has 1 heterocycles. The van der Waals surface area contributed by atoms with E-state index >= 15 is 0 Å². The number of amides is 1. The van der Waals surface area contributed by atoms with Gasteiger partial charge in [0.15, 0.2) is 17.8 Å². The Morgan fingerprint density at radius 2 is 1.91 bits per heavy atom. The number of nitrogens with zero attached hydrogens (tertiary/aromatic N) is 1. The van der Waals surface area contributed by atoms with Gasteiger partial charge in [0, 0.05) is 12.1 Å². The van der Waals surface area contributed by atoms with Crippen LogP contribution in [0, 0.1) is 12.3 Å². The zero-order chi connectivity index (χ0) is 17.0. The lowest BCUT2D eigenvalue weighted by Crippen LogP contribution is -2.32. The first-order valence-electron chi connectivity index (χ1n) is 7.33. The van der Waals surface area contributed by atoms with Gasteiger partial charge in [0.2, 0.25) is 0 Å². The normalized spacial score (nSPS) is 11.3. The highest BCUT2D eigenvalue weighted by molar-refractivity contribution is 5.97. The Morgan fingerprint density at radius 3 is 2.52 bits per heavy atom.